The van der Waals surface area contributed by atoms with Gasteiger partial charge in [-0.25, -0.2) is 13.8 Å². The van der Waals surface area contributed by atoms with Gasteiger partial charge in [-0.1, -0.05) is 6.07 Å². The Hall–Kier alpha value is -3.05. The summed E-state index contributed by atoms with van der Waals surface area (Å²) in [7, 11) is 1.89. The van der Waals surface area contributed by atoms with Gasteiger partial charge in [0.1, 0.15) is 23.5 Å². The highest BCUT2D eigenvalue weighted by atomic mass is 19.1. The van der Waals surface area contributed by atoms with Gasteiger partial charge in [0, 0.05) is 49.5 Å². The fraction of sp³-hybridized carbons (Fsp3) is 0.435. The number of hydrogen-bond acceptors (Lipinski definition) is 5. The predicted octanol–water partition coefficient (Wildman–Crippen LogP) is 3.18. The molecule has 2 aromatic rings. The van der Waals surface area contributed by atoms with Crippen LogP contribution in [0.2, 0.25) is 0 Å². The number of nitrogens with one attached hydrogen (secondary N) is 1. The van der Waals surface area contributed by atoms with Crippen molar-refractivity contribution in [3.8, 4) is 6.07 Å². The molecule has 1 aromatic heterocycles. The number of benzene rings is 1. The molecular weight excluding hydrogens is 400 g/mol. The number of halogens is 2. The number of carbonyl (C=O) groups excluding carboxylic acids is 1. The lowest BCUT2D eigenvalue weighted by Crippen LogP contribution is -2.47. The summed E-state index contributed by atoms with van der Waals surface area (Å²) >= 11 is 0. The highest BCUT2D eigenvalue weighted by Gasteiger charge is 2.46. The highest BCUT2D eigenvalue weighted by Crippen LogP contribution is 2.46. The lowest BCUT2D eigenvalue weighted by Gasteiger charge is -2.32. The van der Waals surface area contributed by atoms with Gasteiger partial charge < -0.3 is 9.80 Å². The summed E-state index contributed by atoms with van der Waals surface area (Å²) in [4.78, 5) is 20.8. The van der Waals surface area contributed by atoms with E-state index in [1.807, 2.05) is 31.9 Å². The molecule has 0 aliphatic heterocycles. The quantitative estimate of drug-likeness (QED) is 0.666. The van der Waals surface area contributed by atoms with Crippen molar-refractivity contribution in [2.45, 2.75) is 38.3 Å². The van der Waals surface area contributed by atoms with Crippen molar-refractivity contribution in [3.63, 3.8) is 0 Å². The Balaban J connectivity index is 1.59. The summed E-state index contributed by atoms with van der Waals surface area (Å²) in [6.07, 6.45) is 2.94. The number of nitriles is 1. The minimum atomic E-state index is -0.611. The maximum atomic E-state index is 14.2. The number of rotatable bonds is 9. The number of amides is 1. The van der Waals surface area contributed by atoms with Crippen LogP contribution < -0.4 is 10.2 Å². The third-order valence-corrected chi connectivity index (χ3v) is 5.89. The summed E-state index contributed by atoms with van der Waals surface area (Å²) in [5.41, 5.74) is 0.305. The van der Waals surface area contributed by atoms with E-state index in [0.29, 0.717) is 37.1 Å². The Morgan fingerprint density at radius 3 is 2.61 bits per heavy atom. The van der Waals surface area contributed by atoms with Crippen molar-refractivity contribution in [3.05, 3.63) is 59.3 Å². The van der Waals surface area contributed by atoms with Crippen LogP contribution in [0.25, 0.3) is 0 Å². The Labute approximate surface area is 181 Å². The molecule has 8 heteroatoms. The summed E-state index contributed by atoms with van der Waals surface area (Å²) in [6, 6.07) is 9.11. The van der Waals surface area contributed by atoms with Gasteiger partial charge in [-0.3, -0.25) is 10.1 Å². The van der Waals surface area contributed by atoms with Gasteiger partial charge in [0.2, 0.25) is 5.91 Å². The zero-order chi connectivity index (χ0) is 22.6. The molecule has 1 atom stereocenters. The first-order chi connectivity index (χ1) is 14.8. The zero-order valence-electron chi connectivity index (χ0n) is 18.0. The van der Waals surface area contributed by atoms with Crippen molar-refractivity contribution in [1.82, 2.24) is 15.2 Å². The Kier molecular flexibility index (Phi) is 6.86. The van der Waals surface area contributed by atoms with Crippen molar-refractivity contribution in [1.29, 1.82) is 5.26 Å². The monoisotopic (exact) mass is 427 g/mol. The third-order valence-electron chi connectivity index (χ3n) is 5.89. The molecule has 3 rings (SSSR count). The largest absolute Gasteiger partial charge is 0.355 e. The number of pyridine rings is 1. The van der Waals surface area contributed by atoms with Crippen LogP contribution >= 0.6 is 0 Å². The maximum absolute atomic E-state index is 14.2. The van der Waals surface area contributed by atoms with Crippen LogP contribution in [0.15, 0.2) is 36.5 Å². The Bertz CT molecular complexity index is 969. The van der Waals surface area contributed by atoms with Gasteiger partial charge in [-0.05, 0) is 44.9 Å². The van der Waals surface area contributed by atoms with Crippen LogP contribution in [0, 0.1) is 23.0 Å². The minimum Gasteiger partial charge on any atom is -0.355 e. The minimum absolute atomic E-state index is 0.00577. The summed E-state index contributed by atoms with van der Waals surface area (Å²) in [6.45, 7) is 5.03. The van der Waals surface area contributed by atoms with Gasteiger partial charge in [-0.2, -0.15) is 5.26 Å². The first-order valence-corrected chi connectivity index (χ1v) is 10.4. The molecule has 31 heavy (non-hydrogen) atoms. The summed E-state index contributed by atoms with van der Waals surface area (Å²) < 4.78 is 27.4. The first kappa shape index (κ1) is 22.6. The fourth-order valence-corrected chi connectivity index (χ4v) is 3.64. The van der Waals surface area contributed by atoms with Crippen molar-refractivity contribution in [2.75, 3.05) is 31.6 Å². The van der Waals surface area contributed by atoms with E-state index in [4.69, 9.17) is 5.26 Å². The molecule has 1 amide bonds. The molecule has 0 spiro atoms. The molecule has 1 heterocycles. The normalized spacial score (nSPS) is 15.1. The molecule has 1 aliphatic carbocycles. The van der Waals surface area contributed by atoms with Crippen LogP contribution in [0.1, 0.15) is 37.8 Å². The van der Waals surface area contributed by atoms with Crippen LogP contribution in [0.5, 0.6) is 0 Å². The molecule has 0 radical (unpaired) electrons. The summed E-state index contributed by atoms with van der Waals surface area (Å²) in [5.74, 6) is -0.559. The second-order valence-electron chi connectivity index (χ2n) is 7.97. The molecule has 6 nitrogen and oxygen atoms in total. The third kappa shape index (κ3) is 5.17. The average molecular weight is 427 g/mol. The molecule has 1 aliphatic rings. The summed E-state index contributed by atoms with van der Waals surface area (Å²) in [5, 5.41) is 12.1. The highest BCUT2D eigenvalue weighted by molar-refractivity contribution is 5.78. The zero-order valence-corrected chi connectivity index (χ0v) is 18.0. The van der Waals surface area contributed by atoms with Gasteiger partial charge in [-0.15, -0.1) is 0 Å². The lowest BCUT2D eigenvalue weighted by molar-refractivity contribution is -0.130. The number of hydrogen-bond donors (Lipinski definition) is 1. The Morgan fingerprint density at radius 2 is 2.06 bits per heavy atom. The number of carbonyl (C=O) groups is 1. The molecule has 164 valence electrons. The second kappa shape index (κ2) is 9.40. The van der Waals surface area contributed by atoms with E-state index in [0.717, 1.165) is 11.9 Å². The number of aromatic nitrogens is 1. The first-order valence-electron chi connectivity index (χ1n) is 10.4. The van der Waals surface area contributed by atoms with E-state index in [2.05, 4.69) is 10.3 Å². The van der Waals surface area contributed by atoms with Gasteiger partial charge in [0.15, 0.2) is 0 Å². The predicted molar refractivity (Wildman–Crippen MR) is 114 cm³/mol. The van der Waals surface area contributed by atoms with Gasteiger partial charge >= 0.3 is 0 Å². The van der Waals surface area contributed by atoms with E-state index in [-0.39, 0.29) is 18.5 Å². The molecule has 0 saturated heterocycles. The Morgan fingerprint density at radius 1 is 1.32 bits per heavy atom. The molecule has 1 saturated carbocycles. The number of nitrogens with zero attached hydrogens (tertiary/aromatic N) is 4. The van der Waals surface area contributed by atoms with Crippen molar-refractivity contribution >= 4 is 11.7 Å². The van der Waals surface area contributed by atoms with Crippen LogP contribution in [0.3, 0.4) is 0 Å². The average Bonchev–Trinajstić information content (AvgIpc) is 3.56. The maximum Gasteiger partial charge on any atom is 0.236 e. The molecular formula is C23H27F2N5O. The van der Waals surface area contributed by atoms with E-state index >= 15 is 0 Å². The van der Waals surface area contributed by atoms with E-state index in [1.54, 1.807) is 17.0 Å². The van der Waals surface area contributed by atoms with Crippen molar-refractivity contribution in [2.24, 2.45) is 0 Å². The SMILES string of the molecule is CCN(CC(C)N(C)c1ccc(C#N)cn1)C(=O)CNC1(c2ccc(F)cc2F)CC1. The van der Waals surface area contributed by atoms with Crippen LogP contribution in [-0.4, -0.2) is 48.5 Å². The fourth-order valence-electron chi connectivity index (χ4n) is 3.64. The second-order valence-corrected chi connectivity index (χ2v) is 7.97. The number of likely N-dealkylation sites (N-methyl/N-ethyl adjacent to an activating group) is 2. The van der Waals surface area contributed by atoms with E-state index in [1.165, 1.54) is 18.3 Å². The molecule has 1 aromatic carbocycles. The molecule has 0 bridgehead atoms. The van der Waals surface area contributed by atoms with Crippen LogP contribution in [0.4, 0.5) is 14.6 Å². The standard InChI is InChI=1S/C23H27F2N5O/c1-4-30(15-16(2)29(3)21-8-5-17(12-26)13-27-21)22(31)14-28-23(9-10-23)19-7-6-18(24)11-20(19)25/h5-8,11,13,16,28H,4,9-10,14-15H2,1-3H3. The van der Waals surface area contributed by atoms with Gasteiger partial charge in [0.05, 0.1) is 12.1 Å². The van der Waals surface area contributed by atoms with Crippen LogP contribution in [-0.2, 0) is 10.3 Å². The van der Waals surface area contributed by atoms with E-state index < -0.39 is 17.2 Å². The molecule has 1 fully saturated rings. The molecule has 1 unspecified atom stereocenters. The van der Waals surface area contributed by atoms with Gasteiger partial charge in [0.25, 0.3) is 0 Å². The molecule has 1 N–H and O–H groups in total. The van der Waals surface area contributed by atoms with E-state index in [9.17, 15) is 13.6 Å². The lowest BCUT2D eigenvalue weighted by atomic mass is 10.0. The number of anilines is 1. The smallest absolute Gasteiger partial charge is 0.236 e. The topological polar surface area (TPSA) is 72.3 Å². The van der Waals surface area contributed by atoms with Crippen molar-refractivity contribution < 1.29 is 13.6 Å².